The molecule has 0 spiro atoms. The number of ketones is 1. The van der Waals surface area contributed by atoms with Crippen molar-refractivity contribution in [3.63, 3.8) is 0 Å². The molecule has 0 saturated heterocycles. The van der Waals surface area contributed by atoms with E-state index in [1.807, 2.05) is 34.9 Å². The summed E-state index contributed by atoms with van der Waals surface area (Å²) < 4.78 is 13.0. The SMILES string of the molecule is C=CCn1c(SCC(=O)c2ccc3c(c2)OCCO3)nnc1-c1ccccc1. The zero-order valence-corrected chi connectivity index (χ0v) is 16.0. The van der Waals surface area contributed by atoms with Crippen molar-refractivity contribution in [2.24, 2.45) is 0 Å². The highest BCUT2D eigenvalue weighted by Crippen LogP contribution is 2.31. The van der Waals surface area contributed by atoms with Crippen LogP contribution in [0.3, 0.4) is 0 Å². The average molecular weight is 393 g/mol. The molecule has 7 heteroatoms. The first-order valence-electron chi connectivity index (χ1n) is 8.91. The number of aromatic nitrogens is 3. The zero-order chi connectivity index (χ0) is 19.3. The van der Waals surface area contributed by atoms with Gasteiger partial charge < -0.3 is 9.47 Å². The predicted octanol–water partition coefficient (Wildman–Crippen LogP) is 3.88. The lowest BCUT2D eigenvalue weighted by Crippen LogP contribution is -2.16. The molecule has 0 atom stereocenters. The highest BCUT2D eigenvalue weighted by molar-refractivity contribution is 7.99. The van der Waals surface area contributed by atoms with Crippen LogP contribution in [0.25, 0.3) is 11.4 Å². The van der Waals surface area contributed by atoms with Crippen LogP contribution in [0.5, 0.6) is 11.5 Å². The fraction of sp³-hybridized carbons (Fsp3) is 0.190. The van der Waals surface area contributed by atoms with Gasteiger partial charge in [0, 0.05) is 17.7 Å². The number of hydrogen-bond donors (Lipinski definition) is 0. The fourth-order valence-electron chi connectivity index (χ4n) is 2.92. The zero-order valence-electron chi connectivity index (χ0n) is 15.2. The monoisotopic (exact) mass is 393 g/mol. The third-order valence-corrected chi connectivity index (χ3v) is 5.22. The van der Waals surface area contributed by atoms with Crippen molar-refractivity contribution >= 4 is 17.5 Å². The Labute approximate surface area is 167 Å². The van der Waals surface area contributed by atoms with Gasteiger partial charge in [0.25, 0.3) is 0 Å². The molecule has 0 saturated carbocycles. The van der Waals surface area contributed by atoms with E-state index in [0.717, 1.165) is 11.4 Å². The van der Waals surface area contributed by atoms with Crippen molar-refractivity contribution in [2.75, 3.05) is 19.0 Å². The highest BCUT2D eigenvalue weighted by atomic mass is 32.2. The van der Waals surface area contributed by atoms with Gasteiger partial charge in [-0.25, -0.2) is 0 Å². The molecule has 0 aliphatic carbocycles. The summed E-state index contributed by atoms with van der Waals surface area (Å²) in [7, 11) is 0. The Morgan fingerprint density at radius 2 is 1.89 bits per heavy atom. The molecular formula is C21H19N3O3S. The summed E-state index contributed by atoms with van der Waals surface area (Å²) in [5.41, 5.74) is 1.57. The predicted molar refractivity (Wildman–Crippen MR) is 108 cm³/mol. The van der Waals surface area contributed by atoms with Crippen LogP contribution >= 0.6 is 11.8 Å². The molecule has 4 rings (SSSR count). The molecule has 0 fully saturated rings. The molecule has 1 aromatic heterocycles. The topological polar surface area (TPSA) is 66.2 Å². The van der Waals surface area contributed by atoms with Gasteiger partial charge in [0.2, 0.25) is 0 Å². The van der Waals surface area contributed by atoms with Crippen molar-refractivity contribution in [2.45, 2.75) is 11.7 Å². The van der Waals surface area contributed by atoms with Gasteiger partial charge >= 0.3 is 0 Å². The number of benzene rings is 2. The average Bonchev–Trinajstić information content (AvgIpc) is 3.15. The number of thioether (sulfide) groups is 1. The van der Waals surface area contributed by atoms with E-state index in [4.69, 9.17) is 9.47 Å². The minimum atomic E-state index is -0.00334. The summed E-state index contributed by atoms with van der Waals surface area (Å²) in [6.07, 6.45) is 1.79. The maximum absolute atomic E-state index is 12.7. The second-order valence-corrected chi connectivity index (χ2v) is 7.08. The van der Waals surface area contributed by atoms with Crippen LogP contribution in [0.15, 0.2) is 66.3 Å². The molecule has 3 aromatic rings. The quantitative estimate of drug-likeness (QED) is 0.345. The number of hydrogen-bond acceptors (Lipinski definition) is 6. The maximum atomic E-state index is 12.7. The van der Waals surface area contributed by atoms with Crippen LogP contribution in [0, 0.1) is 0 Å². The van der Waals surface area contributed by atoms with Gasteiger partial charge in [0.1, 0.15) is 13.2 Å². The van der Waals surface area contributed by atoms with Crippen LogP contribution in [-0.4, -0.2) is 39.5 Å². The minimum absolute atomic E-state index is 0.00334. The standard InChI is InChI=1S/C21H19N3O3S/c1-2-10-24-20(15-6-4-3-5-7-15)22-23-21(24)28-14-17(25)16-8-9-18-19(13-16)27-12-11-26-18/h2-9,13H,1,10-12,14H2. The number of carbonyl (C=O) groups is 1. The molecule has 0 N–H and O–H groups in total. The molecule has 0 radical (unpaired) electrons. The number of allylic oxidation sites excluding steroid dienone is 1. The van der Waals surface area contributed by atoms with E-state index >= 15 is 0 Å². The summed E-state index contributed by atoms with van der Waals surface area (Å²) in [5.74, 6) is 2.30. The van der Waals surface area contributed by atoms with Crippen molar-refractivity contribution < 1.29 is 14.3 Å². The Balaban J connectivity index is 1.51. The van der Waals surface area contributed by atoms with Gasteiger partial charge in [0.05, 0.1) is 5.75 Å². The molecular weight excluding hydrogens is 374 g/mol. The second-order valence-electron chi connectivity index (χ2n) is 6.14. The van der Waals surface area contributed by atoms with Crippen LogP contribution in [0.2, 0.25) is 0 Å². The van der Waals surface area contributed by atoms with Crippen molar-refractivity contribution in [3.05, 3.63) is 66.7 Å². The second kappa shape index (κ2) is 8.31. The van der Waals surface area contributed by atoms with Crippen LogP contribution in [0.1, 0.15) is 10.4 Å². The Morgan fingerprint density at radius 3 is 2.68 bits per heavy atom. The normalized spacial score (nSPS) is 12.6. The number of Topliss-reactive ketones (excluding diaryl/α,β-unsaturated/α-hetero) is 1. The first-order valence-corrected chi connectivity index (χ1v) is 9.90. The molecule has 0 amide bonds. The molecule has 1 aliphatic rings. The van der Waals surface area contributed by atoms with E-state index in [9.17, 15) is 4.79 Å². The molecule has 142 valence electrons. The Bertz CT molecular complexity index is 1000. The van der Waals surface area contributed by atoms with Crippen LogP contribution < -0.4 is 9.47 Å². The third-order valence-electron chi connectivity index (χ3n) is 4.26. The van der Waals surface area contributed by atoms with E-state index in [2.05, 4.69) is 16.8 Å². The van der Waals surface area contributed by atoms with Crippen LogP contribution in [0.4, 0.5) is 0 Å². The summed E-state index contributed by atoms with van der Waals surface area (Å²) >= 11 is 1.36. The molecule has 2 aromatic carbocycles. The van der Waals surface area contributed by atoms with Gasteiger partial charge in [-0.3, -0.25) is 9.36 Å². The number of ether oxygens (including phenoxy) is 2. The first-order chi connectivity index (χ1) is 13.8. The van der Waals surface area contributed by atoms with Crippen molar-refractivity contribution in [1.29, 1.82) is 0 Å². The summed E-state index contributed by atoms with van der Waals surface area (Å²) in [4.78, 5) is 12.7. The van der Waals surface area contributed by atoms with Gasteiger partial charge in [-0.2, -0.15) is 0 Å². The largest absolute Gasteiger partial charge is 0.486 e. The smallest absolute Gasteiger partial charge is 0.192 e. The highest BCUT2D eigenvalue weighted by Gasteiger charge is 2.18. The Hall–Kier alpha value is -3.06. The van der Waals surface area contributed by atoms with Gasteiger partial charge in [-0.05, 0) is 18.2 Å². The van der Waals surface area contributed by atoms with E-state index in [1.165, 1.54) is 11.8 Å². The molecule has 0 bridgehead atoms. The number of rotatable bonds is 7. The van der Waals surface area contributed by atoms with Crippen LogP contribution in [-0.2, 0) is 6.54 Å². The first kappa shape index (κ1) is 18.3. The molecule has 6 nitrogen and oxygen atoms in total. The lowest BCUT2D eigenvalue weighted by Gasteiger charge is -2.18. The molecule has 1 aliphatic heterocycles. The van der Waals surface area contributed by atoms with E-state index in [0.29, 0.717) is 42.0 Å². The Kier molecular flexibility index (Phi) is 5.43. The van der Waals surface area contributed by atoms with Gasteiger partial charge in [0.15, 0.2) is 28.3 Å². The van der Waals surface area contributed by atoms with E-state index in [1.54, 1.807) is 24.3 Å². The molecule has 2 heterocycles. The number of fused-ring (bicyclic) bond motifs is 1. The number of nitrogens with zero attached hydrogens (tertiary/aromatic N) is 3. The lowest BCUT2D eigenvalue weighted by molar-refractivity contribution is 0.102. The lowest BCUT2D eigenvalue weighted by atomic mass is 10.1. The van der Waals surface area contributed by atoms with Gasteiger partial charge in [-0.1, -0.05) is 48.2 Å². The van der Waals surface area contributed by atoms with Crippen molar-refractivity contribution in [3.8, 4) is 22.9 Å². The van der Waals surface area contributed by atoms with Gasteiger partial charge in [-0.15, -0.1) is 16.8 Å². The summed E-state index contributed by atoms with van der Waals surface area (Å²) in [6.45, 7) is 5.40. The van der Waals surface area contributed by atoms with E-state index < -0.39 is 0 Å². The summed E-state index contributed by atoms with van der Waals surface area (Å²) in [5, 5.41) is 9.27. The molecule has 0 unspecified atom stereocenters. The van der Waals surface area contributed by atoms with E-state index in [-0.39, 0.29) is 11.5 Å². The third kappa shape index (κ3) is 3.80. The Morgan fingerprint density at radius 1 is 1.11 bits per heavy atom. The minimum Gasteiger partial charge on any atom is -0.486 e. The summed E-state index contributed by atoms with van der Waals surface area (Å²) in [6, 6.07) is 15.1. The fourth-order valence-corrected chi connectivity index (χ4v) is 3.76. The molecule has 28 heavy (non-hydrogen) atoms. The maximum Gasteiger partial charge on any atom is 0.192 e. The van der Waals surface area contributed by atoms with Crippen molar-refractivity contribution in [1.82, 2.24) is 14.8 Å². The number of carbonyl (C=O) groups excluding carboxylic acids is 1.